The van der Waals surface area contributed by atoms with Crippen LogP contribution in [-0.2, 0) is 27.8 Å². The van der Waals surface area contributed by atoms with Gasteiger partial charge in [-0.05, 0) is 36.8 Å². The molecule has 2 aliphatic carbocycles. The van der Waals surface area contributed by atoms with Crippen LogP contribution in [0.2, 0.25) is 0 Å². The van der Waals surface area contributed by atoms with Gasteiger partial charge in [0.25, 0.3) is 0 Å². The first kappa shape index (κ1) is 19.4. The highest BCUT2D eigenvalue weighted by Crippen LogP contribution is 2.65. The van der Waals surface area contributed by atoms with Crippen LogP contribution in [0.15, 0.2) is 18.7 Å². The smallest absolute Gasteiger partial charge is 0.410 e. The Bertz CT molecular complexity index is 958. The number of aryl methyl sites for hydroxylation is 1. The van der Waals surface area contributed by atoms with E-state index >= 15 is 0 Å². The molecule has 1 unspecified atom stereocenters. The molecule has 4 atom stereocenters. The van der Waals surface area contributed by atoms with Gasteiger partial charge in [-0.3, -0.25) is 4.79 Å². The standard InChI is InChI=1S/C23H27NO6/c1-3-5-13-11-14-12-16-23(28)7-6-15(25)20-22(23,17(14)19(30-20)18(13)26)8-9-24(16)21(27)29-10-4-2/h4,11,16,20,26,28H,2-3,5-10,12H2,1H3/t16-,20+,22+,23?/m1/s1. The highest BCUT2D eigenvalue weighted by Gasteiger charge is 2.73. The lowest BCUT2D eigenvalue weighted by Crippen LogP contribution is -2.77. The van der Waals surface area contributed by atoms with Crippen molar-refractivity contribution in [1.29, 1.82) is 0 Å². The van der Waals surface area contributed by atoms with Crippen molar-refractivity contribution in [2.45, 2.75) is 68.6 Å². The number of piperidine rings is 1. The summed E-state index contributed by atoms with van der Waals surface area (Å²) in [4.78, 5) is 27.3. The summed E-state index contributed by atoms with van der Waals surface area (Å²) in [5, 5.41) is 23.0. The average Bonchev–Trinajstić information content (AvgIpc) is 3.07. The van der Waals surface area contributed by atoms with E-state index < -0.39 is 29.3 Å². The number of ketones is 1. The van der Waals surface area contributed by atoms with Crippen LogP contribution in [0.1, 0.15) is 49.3 Å². The van der Waals surface area contributed by atoms with Crippen LogP contribution >= 0.6 is 0 Å². The van der Waals surface area contributed by atoms with Gasteiger partial charge in [-0.25, -0.2) is 4.79 Å². The number of phenols is 1. The summed E-state index contributed by atoms with van der Waals surface area (Å²) in [5.41, 5.74) is 0.245. The molecule has 2 fully saturated rings. The summed E-state index contributed by atoms with van der Waals surface area (Å²) in [6.07, 6.45) is 3.00. The third-order valence-corrected chi connectivity index (χ3v) is 7.53. The number of Topliss-reactive ketones (excluding diaryl/α,β-unsaturated/α-hetero) is 1. The Morgan fingerprint density at radius 2 is 2.27 bits per heavy atom. The number of likely N-dealkylation sites (tertiary alicyclic amines) is 1. The highest BCUT2D eigenvalue weighted by molar-refractivity contribution is 5.90. The number of aromatic hydroxyl groups is 1. The monoisotopic (exact) mass is 413 g/mol. The van der Waals surface area contributed by atoms with E-state index in [1.165, 1.54) is 6.08 Å². The first-order valence-electron chi connectivity index (χ1n) is 10.7. The zero-order valence-electron chi connectivity index (χ0n) is 17.1. The van der Waals surface area contributed by atoms with E-state index in [0.717, 1.165) is 23.1 Å². The summed E-state index contributed by atoms with van der Waals surface area (Å²) in [7, 11) is 0. The number of aliphatic hydroxyl groups is 1. The molecule has 1 spiro atoms. The van der Waals surface area contributed by atoms with Gasteiger partial charge < -0.3 is 24.6 Å². The van der Waals surface area contributed by atoms with Gasteiger partial charge in [0.05, 0.1) is 17.1 Å². The average molecular weight is 413 g/mol. The number of benzene rings is 1. The molecule has 5 rings (SSSR count). The van der Waals surface area contributed by atoms with Crippen LogP contribution in [0.4, 0.5) is 4.79 Å². The Morgan fingerprint density at radius 3 is 3.00 bits per heavy atom. The van der Waals surface area contributed by atoms with Crippen LogP contribution in [0.3, 0.4) is 0 Å². The van der Waals surface area contributed by atoms with Gasteiger partial charge >= 0.3 is 6.09 Å². The Balaban J connectivity index is 1.69. The van der Waals surface area contributed by atoms with E-state index in [-0.39, 0.29) is 31.0 Å². The van der Waals surface area contributed by atoms with Gasteiger partial charge in [0.2, 0.25) is 0 Å². The van der Waals surface area contributed by atoms with Crippen molar-refractivity contribution in [1.82, 2.24) is 4.90 Å². The molecule has 0 aromatic heterocycles. The molecule has 7 nitrogen and oxygen atoms in total. The first-order chi connectivity index (χ1) is 14.4. The number of rotatable bonds is 4. The molecule has 2 N–H and O–H groups in total. The van der Waals surface area contributed by atoms with Gasteiger partial charge in [0, 0.05) is 18.5 Å². The van der Waals surface area contributed by atoms with Gasteiger partial charge in [-0.1, -0.05) is 32.1 Å². The van der Waals surface area contributed by atoms with Crippen molar-refractivity contribution in [3.8, 4) is 11.5 Å². The molecule has 0 radical (unpaired) electrons. The second-order valence-corrected chi connectivity index (χ2v) is 8.89. The van der Waals surface area contributed by atoms with E-state index in [1.807, 2.05) is 13.0 Å². The Labute approximate surface area is 175 Å². The number of carbonyl (C=O) groups is 2. The molecule has 160 valence electrons. The number of nitrogens with zero attached hydrogens (tertiary/aromatic N) is 1. The van der Waals surface area contributed by atoms with Crippen molar-refractivity contribution in [2.75, 3.05) is 13.2 Å². The minimum Gasteiger partial charge on any atom is -0.504 e. The fourth-order valence-corrected chi connectivity index (χ4v) is 6.35. The fraction of sp³-hybridized carbons (Fsp3) is 0.565. The van der Waals surface area contributed by atoms with Crippen molar-refractivity contribution >= 4 is 11.9 Å². The predicted molar refractivity (Wildman–Crippen MR) is 108 cm³/mol. The van der Waals surface area contributed by atoms with Gasteiger partial charge in [-0.2, -0.15) is 0 Å². The molecular weight excluding hydrogens is 386 g/mol. The van der Waals surface area contributed by atoms with Gasteiger partial charge in [0.15, 0.2) is 23.4 Å². The molecule has 7 heteroatoms. The summed E-state index contributed by atoms with van der Waals surface area (Å²) in [5.74, 6) is 0.387. The van der Waals surface area contributed by atoms with Crippen LogP contribution in [0.25, 0.3) is 0 Å². The zero-order chi connectivity index (χ0) is 21.3. The molecule has 1 amide bonds. The number of carbonyl (C=O) groups excluding carboxylic acids is 2. The van der Waals surface area contributed by atoms with Crippen LogP contribution in [-0.4, -0.2) is 57.9 Å². The van der Waals surface area contributed by atoms with Crippen molar-refractivity contribution < 1.29 is 29.3 Å². The molecule has 2 aliphatic heterocycles. The predicted octanol–water partition coefficient (Wildman–Crippen LogP) is 2.39. The lowest BCUT2D eigenvalue weighted by Gasteiger charge is -2.61. The van der Waals surface area contributed by atoms with Crippen LogP contribution in [0, 0.1) is 0 Å². The molecule has 30 heavy (non-hydrogen) atoms. The summed E-state index contributed by atoms with van der Waals surface area (Å²) >= 11 is 0. The Hall–Kier alpha value is -2.54. The second-order valence-electron chi connectivity index (χ2n) is 8.89. The molecule has 1 aromatic carbocycles. The number of amides is 1. The Morgan fingerprint density at radius 1 is 1.47 bits per heavy atom. The summed E-state index contributed by atoms with van der Waals surface area (Å²) in [6.45, 7) is 6.08. The van der Waals surface area contributed by atoms with E-state index in [0.29, 0.717) is 31.6 Å². The molecule has 1 saturated carbocycles. The molecule has 2 heterocycles. The van der Waals surface area contributed by atoms with Gasteiger partial charge in [-0.15, -0.1) is 0 Å². The number of hydrogen-bond donors (Lipinski definition) is 2. The summed E-state index contributed by atoms with van der Waals surface area (Å²) in [6, 6.07) is 1.45. The maximum atomic E-state index is 12.9. The normalized spacial score (nSPS) is 33.0. The van der Waals surface area contributed by atoms with E-state index in [9.17, 15) is 19.8 Å². The lowest BCUT2D eigenvalue weighted by atomic mass is 9.49. The number of phenolic OH excluding ortho intramolecular Hbond substituents is 1. The maximum Gasteiger partial charge on any atom is 0.410 e. The quantitative estimate of drug-likeness (QED) is 0.736. The van der Waals surface area contributed by atoms with Crippen molar-refractivity contribution in [3.63, 3.8) is 0 Å². The number of ether oxygens (including phenoxy) is 2. The highest BCUT2D eigenvalue weighted by atomic mass is 16.6. The molecule has 1 aromatic rings. The maximum absolute atomic E-state index is 12.9. The van der Waals surface area contributed by atoms with Crippen LogP contribution < -0.4 is 4.74 Å². The number of hydrogen-bond acceptors (Lipinski definition) is 6. The van der Waals surface area contributed by atoms with Crippen LogP contribution in [0.5, 0.6) is 11.5 Å². The first-order valence-corrected chi connectivity index (χ1v) is 10.7. The molecule has 2 bridgehead atoms. The lowest BCUT2D eigenvalue weighted by molar-refractivity contribution is -0.183. The van der Waals surface area contributed by atoms with E-state index in [2.05, 4.69) is 6.58 Å². The summed E-state index contributed by atoms with van der Waals surface area (Å²) < 4.78 is 11.4. The van der Waals surface area contributed by atoms with E-state index in [4.69, 9.17) is 9.47 Å². The fourth-order valence-electron chi connectivity index (χ4n) is 6.35. The zero-order valence-corrected chi connectivity index (χ0v) is 17.1. The SMILES string of the molecule is C=CCOC(=O)N1CC[C@]23c4c5cc(CCC)c(O)c4O[C@H]2C(=O)CCC3(O)[C@H]1C5. The Kier molecular flexibility index (Phi) is 4.19. The minimum absolute atomic E-state index is 0.0541. The van der Waals surface area contributed by atoms with Crippen molar-refractivity contribution in [2.24, 2.45) is 0 Å². The molecule has 1 saturated heterocycles. The largest absolute Gasteiger partial charge is 0.504 e. The third-order valence-electron chi connectivity index (χ3n) is 7.53. The van der Waals surface area contributed by atoms with Gasteiger partial charge in [0.1, 0.15) is 6.61 Å². The molecular formula is C23H27NO6. The second kappa shape index (κ2) is 6.48. The van der Waals surface area contributed by atoms with E-state index in [1.54, 1.807) is 4.90 Å². The van der Waals surface area contributed by atoms with Crippen molar-refractivity contribution in [3.05, 3.63) is 35.4 Å². The topological polar surface area (TPSA) is 96.3 Å². The molecule has 4 aliphatic rings. The third kappa shape index (κ3) is 2.19. The minimum atomic E-state index is -1.31.